The van der Waals surface area contributed by atoms with Crippen molar-refractivity contribution in [2.75, 3.05) is 26.2 Å². The van der Waals surface area contributed by atoms with E-state index in [4.69, 9.17) is 0 Å². The maximum atomic E-state index is 11.7. The van der Waals surface area contributed by atoms with Crippen molar-refractivity contribution in [3.63, 3.8) is 0 Å². The van der Waals surface area contributed by atoms with Crippen LogP contribution in [0.25, 0.3) is 0 Å². The number of hydrogen-bond acceptors (Lipinski definition) is 3. The summed E-state index contributed by atoms with van der Waals surface area (Å²) in [5.74, 6) is 0.115. The third-order valence-corrected chi connectivity index (χ3v) is 3.06. The van der Waals surface area contributed by atoms with Crippen LogP contribution in [-0.2, 0) is 4.79 Å². The summed E-state index contributed by atoms with van der Waals surface area (Å²) in [5.41, 5.74) is 0.192. The predicted octanol–water partition coefficient (Wildman–Crippen LogP) is 0.100. The van der Waals surface area contributed by atoms with Crippen molar-refractivity contribution in [2.24, 2.45) is 5.41 Å². The van der Waals surface area contributed by atoms with Crippen LogP contribution >= 0.6 is 0 Å². The first-order valence-corrected chi connectivity index (χ1v) is 5.77. The number of hydrogen-bond donors (Lipinski definition) is 3. The molecule has 3 N–H and O–H groups in total. The summed E-state index contributed by atoms with van der Waals surface area (Å²) in [5, 5.41) is 9.40. The third kappa shape index (κ3) is 4.18. The highest BCUT2D eigenvalue weighted by molar-refractivity contribution is 5.82. The Hall–Kier alpha value is -0.610. The molecular weight excluding hydrogens is 190 g/mol. The highest BCUT2D eigenvalue weighted by Crippen LogP contribution is 2.17. The van der Waals surface area contributed by atoms with Crippen molar-refractivity contribution in [1.29, 1.82) is 0 Å². The van der Waals surface area contributed by atoms with Gasteiger partial charge in [0, 0.05) is 26.2 Å². The molecule has 88 valence electrons. The average molecular weight is 213 g/mol. The van der Waals surface area contributed by atoms with E-state index in [1.807, 2.05) is 0 Å². The summed E-state index contributed by atoms with van der Waals surface area (Å²) in [4.78, 5) is 11.7. The predicted molar refractivity (Wildman–Crippen MR) is 61.7 cm³/mol. The van der Waals surface area contributed by atoms with Gasteiger partial charge in [0.2, 0.25) is 5.91 Å². The molecule has 0 aromatic rings. The lowest BCUT2D eigenvalue weighted by atomic mass is 9.90. The lowest BCUT2D eigenvalue weighted by molar-refractivity contribution is -0.123. The second kappa shape index (κ2) is 5.47. The molecule has 4 nitrogen and oxygen atoms in total. The smallest absolute Gasteiger partial charge is 0.238 e. The van der Waals surface area contributed by atoms with Crippen molar-refractivity contribution >= 4 is 5.91 Å². The minimum absolute atomic E-state index is 0.0635. The van der Waals surface area contributed by atoms with Crippen molar-refractivity contribution in [1.82, 2.24) is 16.0 Å². The van der Waals surface area contributed by atoms with Gasteiger partial charge in [0.05, 0.1) is 6.04 Å². The molecule has 15 heavy (non-hydrogen) atoms. The number of rotatable bonds is 4. The lowest BCUT2D eigenvalue weighted by Gasteiger charge is -2.27. The molecule has 1 atom stereocenters. The number of nitrogens with one attached hydrogen (secondary N) is 3. The zero-order chi connectivity index (χ0) is 11.3. The van der Waals surface area contributed by atoms with Crippen LogP contribution in [0.4, 0.5) is 0 Å². The standard InChI is InChI=1S/C11H23N3O/c1-4-11(2,3)8-14-10(15)9-7-12-5-6-13-9/h9,12-13H,4-8H2,1-3H3,(H,14,15). The Bertz CT molecular complexity index is 210. The lowest BCUT2D eigenvalue weighted by Crippen LogP contribution is -2.56. The van der Waals surface area contributed by atoms with Crippen LogP contribution in [0.2, 0.25) is 0 Å². The molecule has 1 rings (SSSR count). The van der Waals surface area contributed by atoms with Crippen molar-refractivity contribution in [2.45, 2.75) is 33.2 Å². The molecule has 1 heterocycles. The zero-order valence-corrected chi connectivity index (χ0v) is 10.0. The average Bonchev–Trinajstić information content (AvgIpc) is 2.27. The van der Waals surface area contributed by atoms with Gasteiger partial charge >= 0.3 is 0 Å². The van der Waals surface area contributed by atoms with E-state index in [-0.39, 0.29) is 17.4 Å². The second-order valence-corrected chi connectivity index (χ2v) is 4.95. The third-order valence-electron chi connectivity index (χ3n) is 3.06. The molecule has 0 aliphatic carbocycles. The molecule has 1 aliphatic rings. The summed E-state index contributed by atoms with van der Waals surface area (Å²) in [7, 11) is 0. The highest BCUT2D eigenvalue weighted by Gasteiger charge is 2.22. The van der Waals surface area contributed by atoms with E-state index < -0.39 is 0 Å². The van der Waals surface area contributed by atoms with Crippen LogP contribution in [-0.4, -0.2) is 38.1 Å². The summed E-state index contributed by atoms with van der Waals surface area (Å²) < 4.78 is 0. The van der Waals surface area contributed by atoms with Crippen molar-refractivity contribution in [3.05, 3.63) is 0 Å². The summed E-state index contributed by atoms with van der Waals surface area (Å²) in [6.45, 7) is 9.78. The van der Waals surface area contributed by atoms with Crippen LogP contribution in [0.15, 0.2) is 0 Å². The number of carbonyl (C=O) groups is 1. The fourth-order valence-electron chi connectivity index (χ4n) is 1.41. The SMILES string of the molecule is CCC(C)(C)CNC(=O)C1CNCCN1. The minimum Gasteiger partial charge on any atom is -0.354 e. The summed E-state index contributed by atoms with van der Waals surface area (Å²) in [6, 6.07) is -0.0635. The topological polar surface area (TPSA) is 53.2 Å². The Balaban J connectivity index is 2.28. The fourth-order valence-corrected chi connectivity index (χ4v) is 1.41. The number of piperazine rings is 1. The summed E-state index contributed by atoms with van der Waals surface area (Å²) in [6.07, 6.45) is 1.07. The summed E-state index contributed by atoms with van der Waals surface area (Å²) >= 11 is 0. The van der Waals surface area contributed by atoms with E-state index in [2.05, 4.69) is 36.7 Å². The molecule has 0 radical (unpaired) electrons. The van der Waals surface area contributed by atoms with Crippen LogP contribution < -0.4 is 16.0 Å². The molecule has 1 fully saturated rings. The molecule has 0 bridgehead atoms. The maximum absolute atomic E-state index is 11.7. The van der Waals surface area contributed by atoms with Gasteiger partial charge in [0.1, 0.15) is 0 Å². The van der Waals surface area contributed by atoms with Gasteiger partial charge in [0.15, 0.2) is 0 Å². The fraction of sp³-hybridized carbons (Fsp3) is 0.909. The molecule has 0 spiro atoms. The number of amides is 1. The first-order chi connectivity index (χ1) is 7.05. The molecule has 1 amide bonds. The van der Waals surface area contributed by atoms with Gasteiger partial charge in [-0.3, -0.25) is 4.79 Å². The molecule has 1 aliphatic heterocycles. The molecule has 0 aromatic heterocycles. The molecule has 1 unspecified atom stereocenters. The Morgan fingerprint density at radius 3 is 2.73 bits per heavy atom. The Kier molecular flexibility index (Phi) is 4.54. The van der Waals surface area contributed by atoms with Gasteiger partial charge in [-0.05, 0) is 11.8 Å². The molecule has 0 aromatic carbocycles. The van der Waals surface area contributed by atoms with Crippen molar-refractivity contribution < 1.29 is 4.79 Å². The van der Waals surface area contributed by atoms with E-state index in [1.165, 1.54) is 0 Å². The van der Waals surface area contributed by atoms with E-state index in [0.29, 0.717) is 0 Å². The van der Waals surface area contributed by atoms with Crippen LogP contribution in [0, 0.1) is 5.41 Å². The highest BCUT2D eigenvalue weighted by atomic mass is 16.2. The van der Waals surface area contributed by atoms with E-state index >= 15 is 0 Å². The van der Waals surface area contributed by atoms with E-state index in [9.17, 15) is 4.79 Å². The zero-order valence-electron chi connectivity index (χ0n) is 10.0. The van der Waals surface area contributed by atoms with Crippen LogP contribution in [0.1, 0.15) is 27.2 Å². The first-order valence-electron chi connectivity index (χ1n) is 5.77. The van der Waals surface area contributed by atoms with E-state index in [0.717, 1.165) is 32.6 Å². The molecule has 1 saturated heterocycles. The number of carbonyl (C=O) groups excluding carboxylic acids is 1. The monoisotopic (exact) mass is 213 g/mol. The first kappa shape index (κ1) is 12.5. The molecule has 4 heteroatoms. The quantitative estimate of drug-likeness (QED) is 0.621. The molecular formula is C11H23N3O. The minimum atomic E-state index is -0.0635. The Morgan fingerprint density at radius 2 is 2.20 bits per heavy atom. The molecule has 0 saturated carbocycles. The second-order valence-electron chi connectivity index (χ2n) is 4.95. The van der Waals surface area contributed by atoms with E-state index in [1.54, 1.807) is 0 Å². The largest absolute Gasteiger partial charge is 0.354 e. The van der Waals surface area contributed by atoms with Gasteiger partial charge in [0.25, 0.3) is 0 Å². The van der Waals surface area contributed by atoms with Gasteiger partial charge in [-0.25, -0.2) is 0 Å². The van der Waals surface area contributed by atoms with Crippen LogP contribution in [0.3, 0.4) is 0 Å². The van der Waals surface area contributed by atoms with Gasteiger partial charge in [-0.1, -0.05) is 20.8 Å². The Labute approximate surface area is 92.2 Å². The maximum Gasteiger partial charge on any atom is 0.238 e. The van der Waals surface area contributed by atoms with Gasteiger partial charge < -0.3 is 16.0 Å². The van der Waals surface area contributed by atoms with Gasteiger partial charge in [-0.2, -0.15) is 0 Å². The van der Waals surface area contributed by atoms with Crippen molar-refractivity contribution in [3.8, 4) is 0 Å². The Morgan fingerprint density at radius 1 is 1.47 bits per heavy atom. The van der Waals surface area contributed by atoms with Gasteiger partial charge in [-0.15, -0.1) is 0 Å². The normalized spacial score (nSPS) is 22.5. The van der Waals surface area contributed by atoms with Crippen LogP contribution in [0.5, 0.6) is 0 Å².